The van der Waals surface area contributed by atoms with E-state index >= 15 is 0 Å². The van der Waals surface area contributed by atoms with E-state index in [0.29, 0.717) is 24.4 Å². The third-order valence-corrected chi connectivity index (χ3v) is 8.06. The normalized spacial score (nSPS) is 21.0. The molecule has 3 aromatic carbocycles. The number of alkyl halides is 3. The second kappa shape index (κ2) is 13.4. The molecule has 3 aromatic rings. The number of amides is 1. The van der Waals surface area contributed by atoms with E-state index in [1.165, 1.54) is 11.1 Å². The third-order valence-electron chi connectivity index (χ3n) is 7.55. The second-order valence-electron chi connectivity index (χ2n) is 10.4. The number of methoxy groups -OCH3 is 2. The van der Waals surface area contributed by atoms with Gasteiger partial charge in [0.15, 0.2) is 17.8 Å². The Morgan fingerprint density at radius 2 is 1.71 bits per heavy atom. The predicted molar refractivity (Wildman–Crippen MR) is 162 cm³/mol. The topological polar surface area (TPSA) is 89.5 Å². The molecule has 5 rings (SSSR count). The number of hydrogen-bond acceptors (Lipinski definition) is 7. The highest BCUT2D eigenvalue weighted by Crippen LogP contribution is 2.40. The fraction of sp³-hybridized carbons (Fsp3) is 0.387. The Morgan fingerprint density at radius 1 is 1.00 bits per heavy atom. The van der Waals surface area contributed by atoms with Crippen LogP contribution in [-0.2, 0) is 33.8 Å². The molecule has 1 amide bonds. The van der Waals surface area contributed by atoms with Crippen molar-refractivity contribution < 1.29 is 28.8 Å². The Labute approximate surface area is 260 Å². The maximum absolute atomic E-state index is 12.2. The van der Waals surface area contributed by atoms with Crippen LogP contribution in [0.15, 0.2) is 60.7 Å². The van der Waals surface area contributed by atoms with E-state index in [1.54, 1.807) is 32.4 Å². The SMILES string of the molecule is COc1cc2c(cc1OC)CN(C[C@H]1C[C@@H](c3ccc(CO)cc3)O[C@@H](c3cccc(NC(=O)C(Cl)(Cl)Cl)c3)O1)CC2. The van der Waals surface area contributed by atoms with E-state index in [0.717, 1.165) is 42.0 Å². The van der Waals surface area contributed by atoms with E-state index < -0.39 is 16.0 Å². The van der Waals surface area contributed by atoms with Crippen molar-refractivity contribution >= 4 is 46.4 Å². The Hall–Kier alpha value is -2.56. The molecule has 2 heterocycles. The molecule has 3 atom stereocenters. The summed E-state index contributed by atoms with van der Waals surface area (Å²) < 4.78 is 21.9. The standard InChI is InChI=1S/C31H33Cl3N2O6/c1-39-27-13-21-10-11-36(16-23(21)14-28(27)40-2)17-25-15-26(20-8-6-19(18-37)7-9-20)42-29(41-25)22-4-3-5-24(12-22)35-30(38)31(32,33)34/h3-9,12-14,25-26,29,37H,10-11,15-18H2,1-2H3,(H,35,38)/t25-,26+,29+/m1/s1. The van der Waals surface area contributed by atoms with Crippen molar-refractivity contribution in [3.63, 3.8) is 0 Å². The van der Waals surface area contributed by atoms with E-state index in [-0.39, 0.29) is 18.8 Å². The summed E-state index contributed by atoms with van der Waals surface area (Å²) in [5.41, 5.74) is 5.46. The number of halogens is 3. The van der Waals surface area contributed by atoms with Crippen LogP contribution in [-0.4, -0.2) is 53.1 Å². The molecular weight excluding hydrogens is 603 g/mol. The summed E-state index contributed by atoms with van der Waals surface area (Å²) in [6.45, 7) is 2.31. The van der Waals surface area contributed by atoms with Crippen molar-refractivity contribution in [1.82, 2.24) is 4.90 Å². The van der Waals surface area contributed by atoms with Crippen LogP contribution in [0.3, 0.4) is 0 Å². The van der Waals surface area contributed by atoms with Crippen molar-refractivity contribution in [3.8, 4) is 11.5 Å². The molecule has 1 fully saturated rings. The number of carbonyl (C=O) groups excluding carboxylic acids is 1. The number of nitrogens with one attached hydrogen (secondary N) is 1. The average Bonchev–Trinajstić information content (AvgIpc) is 2.99. The van der Waals surface area contributed by atoms with Crippen LogP contribution in [0.4, 0.5) is 5.69 Å². The van der Waals surface area contributed by atoms with Crippen molar-refractivity contribution in [2.24, 2.45) is 0 Å². The zero-order chi connectivity index (χ0) is 29.9. The van der Waals surface area contributed by atoms with Crippen LogP contribution in [0.1, 0.15) is 46.6 Å². The van der Waals surface area contributed by atoms with Crippen LogP contribution < -0.4 is 14.8 Å². The molecule has 224 valence electrons. The largest absolute Gasteiger partial charge is 0.493 e. The minimum absolute atomic E-state index is 0.0278. The minimum Gasteiger partial charge on any atom is -0.493 e. The van der Waals surface area contributed by atoms with Gasteiger partial charge >= 0.3 is 0 Å². The van der Waals surface area contributed by atoms with Crippen LogP contribution >= 0.6 is 34.8 Å². The first-order valence-corrected chi connectivity index (χ1v) is 14.7. The first-order valence-electron chi connectivity index (χ1n) is 13.6. The molecule has 1 saturated heterocycles. The average molecular weight is 636 g/mol. The fourth-order valence-corrected chi connectivity index (χ4v) is 5.53. The van der Waals surface area contributed by atoms with Gasteiger partial charge in [-0.1, -0.05) is 71.2 Å². The van der Waals surface area contributed by atoms with Gasteiger partial charge in [-0.3, -0.25) is 9.69 Å². The number of anilines is 1. The van der Waals surface area contributed by atoms with Gasteiger partial charge in [-0.25, -0.2) is 0 Å². The summed E-state index contributed by atoms with van der Waals surface area (Å²) >= 11 is 17.2. The lowest BCUT2D eigenvalue weighted by molar-refractivity contribution is -0.253. The Morgan fingerprint density at radius 3 is 2.38 bits per heavy atom. The maximum Gasteiger partial charge on any atom is 0.276 e. The van der Waals surface area contributed by atoms with Crippen LogP contribution in [0.5, 0.6) is 11.5 Å². The van der Waals surface area contributed by atoms with Crippen molar-refractivity contribution in [3.05, 3.63) is 88.5 Å². The first-order chi connectivity index (χ1) is 20.2. The summed E-state index contributed by atoms with van der Waals surface area (Å²) in [5, 5.41) is 12.1. The molecule has 2 aliphatic heterocycles. The Balaban J connectivity index is 1.36. The van der Waals surface area contributed by atoms with Gasteiger partial charge in [-0.15, -0.1) is 0 Å². The number of ether oxygens (including phenoxy) is 4. The molecule has 2 N–H and O–H groups in total. The maximum atomic E-state index is 12.2. The van der Waals surface area contributed by atoms with Crippen molar-refractivity contribution in [2.75, 3.05) is 32.6 Å². The van der Waals surface area contributed by atoms with Crippen molar-refractivity contribution in [1.29, 1.82) is 0 Å². The zero-order valence-electron chi connectivity index (χ0n) is 23.3. The number of benzene rings is 3. The smallest absolute Gasteiger partial charge is 0.276 e. The highest BCUT2D eigenvalue weighted by atomic mass is 35.6. The van der Waals surface area contributed by atoms with E-state index in [2.05, 4.69) is 22.3 Å². The van der Waals surface area contributed by atoms with Crippen LogP contribution in [0.2, 0.25) is 0 Å². The summed E-state index contributed by atoms with van der Waals surface area (Å²) in [5.74, 6) is 0.700. The quantitative estimate of drug-likeness (QED) is 0.289. The molecule has 8 nitrogen and oxygen atoms in total. The molecule has 0 unspecified atom stereocenters. The number of aliphatic hydroxyl groups is 1. The molecule has 0 aromatic heterocycles. The zero-order valence-corrected chi connectivity index (χ0v) is 25.6. The second-order valence-corrected chi connectivity index (χ2v) is 12.7. The molecule has 2 aliphatic rings. The lowest BCUT2D eigenvalue weighted by Crippen LogP contribution is -2.41. The molecule has 0 radical (unpaired) electrons. The number of fused-ring (bicyclic) bond motifs is 1. The third kappa shape index (κ3) is 7.32. The molecule has 0 aliphatic carbocycles. The van der Waals surface area contributed by atoms with Gasteiger partial charge in [0.05, 0.1) is 33.0 Å². The highest BCUT2D eigenvalue weighted by Gasteiger charge is 2.35. The van der Waals surface area contributed by atoms with E-state index in [9.17, 15) is 9.90 Å². The molecule has 42 heavy (non-hydrogen) atoms. The number of aliphatic hydroxyl groups excluding tert-OH is 1. The Bertz CT molecular complexity index is 1400. The molecule has 0 saturated carbocycles. The molecule has 0 bridgehead atoms. The fourth-order valence-electron chi connectivity index (χ4n) is 5.38. The molecule has 0 spiro atoms. The highest BCUT2D eigenvalue weighted by molar-refractivity contribution is 6.76. The van der Waals surface area contributed by atoms with Gasteiger partial charge in [0.1, 0.15) is 0 Å². The van der Waals surface area contributed by atoms with Crippen molar-refractivity contribution in [2.45, 2.75) is 48.3 Å². The lowest BCUT2D eigenvalue weighted by atomic mass is 9.97. The lowest BCUT2D eigenvalue weighted by Gasteiger charge is -2.39. The summed E-state index contributed by atoms with van der Waals surface area (Å²) in [6.07, 6.45) is 0.444. The van der Waals surface area contributed by atoms with Gasteiger partial charge in [-0.05, 0) is 52.9 Å². The monoisotopic (exact) mass is 634 g/mol. The molecule has 11 heteroatoms. The van der Waals surface area contributed by atoms with Crippen LogP contribution in [0.25, 0.3) is 0 Å². The summed E-state index contributed by atoms with van der Waals surface area (Å²) in [6, 6.07) is 19.0. The number of rotatable bonds is 8. The van der Waals surface area contributed by atoms with Gasteiger partial charge in [0.25, 0.3) is 9.70 Å². The van der Waals surface area contributed by atoms with Gasteiger partial charge < -0.3 is 29.4 Å². The number of hydrogen-bond donors (Lipinski definition) is 2. The van der Waals surface area contributed by atoms with E-state index in [1.807, 2.05) is 30.3 Å². The minimum atomic E-state index is -2.09. The number of nitrogens with zero attached hydrogens (tertiary/aromatic N) is 1. The van der Waals surface area contributed by atoms with Crippen LogP contribution in [0, 0.1) is 0 Å². The summed E-state index contributed by atoms with van der Waals surface area (Å²) in [4.78, 5) is 14.6. The van der Waals surface area contributed by atoms with E-state index in [4.69, 9.17) is 53.8 Å². The van der Waals surface area contributed by atoms with Gasteiger partial charge in [0.2, 0.25) is 0 Å². The number of carbonyl (C=O) groups is 1. The van der Waals surface area contributed by atoms with Gasteiger partial charge in [-0.2, -0.15) is 0 Å². The predicted octanol–water partition coefficient (Wildman–Crippen LogP) is 6.11. The first kappa shape index (κ1) is 30.9. The van der Waals surface area contributed by atoms with Gasteiger partial charge in [0, 0.05) is 37.3 Å². The summed E-state index contributed by atoms with van der Waals surface area (Å²) in [7, 11) is 3.29. The Kier molecular flexibility index (Phi) is 9.84. The molecular formula is C31H33Cl3N2O6.